The number of hydrogen-bond donors (Lipinski definition) is 1. The van der Waals surface area contributed by atoms with Crippen molar-refractivity contribution in [3.8, 4) is 17.1 Å². The van der Waals surface area contributed by atoms with Crippen LogP contribution in [0.1, 0.15) is 18.7 Å². The molecule has 27 heavy (non-hydrogen) atoms. The first-order chi connectivity index (χ1) is 13.2. The number of benzene rings is 1. The topological polar surface area (TPSA) is 83.7 Å². The van der Waals surface area contributed by atoms with Crippen molar-refractivity contribution >= 4 is 5.91 Å². The minimum absolute atomic E-state index is 0.0135. The molecule has 8 nitrogen and oxygen atoms in total. The molecule has 1 N–H and O–H groups in total. The van der Waals surface area contributed by atoms with Crippen LogP contribution < -0.4 is 10.1 Å². The average Bonchev–Trinajstić information content (AvgIpc) is 3.40. The van der Waals surface area contributed by atoms with Crippen molar-refractivity contribution in [2.24, 2.45) is 0 Å². The second-order valence-corrected chi connectivity index (χ2v) is 6.99. The predicted octanol–water partition coefficient (Wildman–Crippen LogP) is 1.14. The Morgan fingerprint density at radius 2 is 2.04 bits per heavy atom. The number of piperazine rings is 1. The van der Waals surface area contributed by atoms with E-state index in [-0.39, 0.29) is 11.9 Å². The van der Waals surface area contributed by atoms with Gasteiger partial charge in [-0.25, -0.2) is 0 Å². The number of hydrogen-bond acceptors (Lipinski definition) is 7. The van der Waals surface area contributed by atoms with Gasteiger partial charge in [-0.3, -0.25) is 9.69 Å². The molecule has 0 saturated carbocycles. The highest BCUT2D eigenvalue weighted by molar-refractivity contribution is 5.82. The van der Waals surface area contributed by atoms with E-state index in [0.717, 1.165) is 56.9 Å². The fourth-order valence-electron chi connectivity index (χ4n) is 3.61. The molecule has 0 aliphatic carbocycles. The molecule has 1 unspecified atom stereocenters. The lowest BCUT2D eigenvalue weighted by Gasteiger charge is -2.35. The monoisotopic (exact) mass is 371 g/mol. The first-order valence-corrected chi connectivity index (χ1v) is 9.44. The summed E-state index contributed by atoms with van der Waals surface area (Å²) in [6.07, 6.45) is 2.04. The first-order valence-electron chi connectivity index (χ1n) is 9.44. The van der Waals surface area contributed by atoms with E-state index >= 15 is 0 Å². The van der Waals surface area contributed by atoms with Gasteiger partial charge in [0.15, 0.2) is 0 Å². The Bertz CT molecular complexity index is 762. The van der Waals surface area contributed by atoms with E-state index in [9.17, 15) is 4.79 Å². The Morgan fingerprint density at radius 3 is 2.70 bits per heavy atom. The molecule has 1 aromatic carbocycles. The average molecular weight is 371 g/mol. The maximum Gasteiger partial charge on any atom is 0.241 e. The van der Waals surface area contributed by atoms with Crippen LogP contribution in [-0.2, 0) is 11.3 Å². The fraction of sp³-hybridized carbons (Fsp3) is 0.526. The summed E-state index contributed by atoms with van der Waals surface area (Å²) in [5.74, 6) is 2.21. The Kier molecular flexibility index (Phi) is 5.35. The van der Waals surface area contributed by atoms with Crippen LogP contribution in [0, 0.1) is 0 Å². The summed E-state index contributed by atoms with van der Waals surface area (Å²) in [6.45, 7) is 4.68. The van der Waals surface area contributed by atoms with Crippen molar-refractivity contribution in [1.82, 2.24) is 25.3 Å². The fourth-order valence-corrected chi connectivity index (χ4v) is 3.61. The first kappa shape index (κ1) is 17.9. The standard InChI is InChI=1S/C19H25N5O3/c1-26-15-6-4-14(5-7-15)18-21-17(27-22-18)13-23-9-11-24(12-10-23)19(25)16-3-2-8-20-16/h4-7,16,20H,2-3,8-13H2,1H3. The molecular formula is C19H25N5O3. The molecule has 1 aromatic heterocycles. The Labute approximate surface area is 158 Å². The van der Waals surface area contributed by atoms with Crippen LogP contribution in [0.25, 0.3) is 11.4 Å². The molecule has 2 aliphatic rings. The molecule has 0 spiro atoms. The smallest absolute Gasteiger partial charge is 0.241 e. The van der Waals surface area contributed by atoms with Crippen LogP contribution in [0.4, 0.5) is 0 Å². The lowest BCUT2D eigenvalue weighted by atomic mass is 10.2. The quantitative estimate of drug-likeness (QED) is 0.844. The van der Waals surface area contributed by atoms with Gasteiger partial charge in [0.1, 0.15) is 5.75 Å². The summed E-state index contributed by atoms with van der Waals surface area (Å²) >= 11 is 0. The normalized spacial score (nSPS) is 20.8. The molecule has 144 valence electrons. The molecule has 1 amide bonds. The van der Waals surface area contributed by atoms with E-state index in [1.165, 1.54) is 0 Å². The van der Waals surface area contributed by atoms with Gasteiger partial charge in [-0.05, 0) is 43.7 Å². The van der Waals surface area contributed by atoms with Crippen molar-refractivity contribution < 1.29 is 14.1 Å². The maximum atomic E-state index is 12.5. The van der Waals surface area contributed by atoms with E-state index in [2.05, 4.69) is 20.4 Å². The van der Waals surface area contributed by atoms with Gasteiger partial charge in [-0.1, -0.05) is 5.16 Å². The number of methoxy groups -OCH3 is 1. The second-order valence-electron chi connectivity index (χ2n) is 6.99. The minimum Gasteiger partial charge on any atom is -0.497 e. The molecule has 2 saturated heterocycles. The molecule has 2 fully saturated rings. The van der Waals surface area contributed by atoms with E-state index < -0.39 is 0 Å². The van der Waals surface area contributed by atoms with Crippen molar-refractivity contribution in [2.45, 2.75) is 25.4 Å². The zero-order valence-corrected chi connectivity index (χ0v) is 15.6. The van der Waals surface area contributed by atoms with E-state index in [1.807, 2.05) is 29.2 Å². The zero-order chi connectivity index (χ0) is 18.6. The van der Waals surface area contributed by atoms with Crippen LogP contribution >= 0.6 is 0 Å². The van der Waals surface area contributed by atoms with Crippen LogP contribution in [0.3, 0.4) is 0 Å². The second kappa shape index (κ2) is 8.06. The zero-order valence-electron chi connectivity index (χ0n) is 15.6. The lowest BCUT2D eigenvalue weighted by molar-refractivity contribution is -0.134. The van der Waals surface area contributed by atoms with Crippen molar-refractivity contribution in [3.05, 3.63) is 30.2 Å². The van der Waals surface area contributed by atoms with Crippen LogP contribution in [0.5, 0.6) is 5.75 Å². The Hall–Kier alpha value is -2.45. The van der Waals surface area contributed by atoms with Gasteiger partial charge in [-0.15, -0.1) is 0 Å². The highest BCUT2D eigenvalue weighted by atomic mass is 16.5. The van der Waals surface area contributed by atoms with Gasteiger partial charge in [-0.2, -0.15) is 4.98 Å². The molecule has 1 atom stereocenters. The van der Waals surface area contributed by atoms with Gasteiger partial charge in [0.25, 0.3) is 0 Å². The number of aromatic nitrogens is 2. The third-order valence-corrected chi connectivity index (χ3v) is 5.22. The Balaban J connectivity index is 1.30. The highest BCUT2D eigenvalue weighted by Crippen LogP contribution is 2.20. The molecule has 0 radical (unpaired) electrons. The number of carbonyl (C=O) groups is 1. The van der Waals surface area contributed by atoms with Gasteiger partial charge in [0, 0.05) is 31.7 Å². The van der Waals surface area contributed by atoms with Gasteiger partial charge < -0.3 is 19.5 Å². The van der Waals surface area contributed by atoms with Crippen molar-refractivity contribution in [1.29, 1.82) is 0 Å². The van der Waals surface area contributed by atoms with E-state index in [1.54, 1.807) is 7.11 Å². The number of carbonyl (C=O) groups excluding carboxylic acids is 1. The van der Waals surface area contributed by atoms with Crippen LogP contribution in [0.15, 0.2) is 28.8 Å². The molecule has 8 heteroatoms. The van der Waals surface area contributed by atoms with Crippen molar-refractivity contribution in [2.75, 3.05) is 39.8 Å². The van der Waals surface area contributed by atoms with Gasteiger partial charge >= 0.3 is 0 Å². The third-order valence-electron chi connectivity index (χ3n) is 5.22. The maximum absolute atomic E-state index is 12.5. The van der Waals surface area contributed by atoms with Crippen LogP contribution in [0.2, 0.25) is 0 Å². The highest BCUT2D eigenvalue weighted by Gasteiger charge is 2.29. The number of ether oxygens (including phenoxy) is 1. The third kappa shape index (κ3) is 4.12. The summed E-state index contributed by atoms with van der Waals surface area (Å²) in [5.41, 5.74) is 0.894. The number of nitrogens with one attached hydrogen (secondary N) is 1. The molecule has 2 aliphatic heterocycles. The summed E-state index contributed by atoms with van der Waals surface area (Å²) in [6, 6.07) is 7.59. The van der Waals surface area contributed by atoms with Crippen molar-refractivity contribution in [3.63, 3.8) is 0 Å². The summed E-state index contributed by atoms with van der Waals surface area (Å²) in [7, 11) is 1.64. The largest absolute Gasteiger partial charge is 0.497 e. The van der Waals surface area contributed by atoms with E-state index in [4.69, 9.17) is 9.26 Å². The molecule has 3 heterocycles. The lowest BCUT2D eigenvalue weighted by Crippen LogP contribution is -2.52. The molecule has 2 aromatic rings. The van der Waals surface area contributed by atoms with Crippen LogP contribution in [-0.4, -0.2) is 71.7 Å². The molecule has 4 rings (SSSR count). The number of rotatable bonds is 5. The summed E-state index contributed by atoms with van der Waals surface area (Å²) in [5, 5.41) is 7.36. The molecule has 0 bridgehead atoms. The Morgan fingerprint density at radius 1 is 1.26 bits per heavy atom. The van der Waals surface area contributed by atoms with Gasteiger partial charge in [0.05, 0.1) is 19.7 Å². The molecular weight excluding hydrogens is 346 g/mol. The van der Waals surface area contributed by atoms with Gasteiger partial charge in [0.2, 0.25) is 17.6 Å². The summed E-state index contributed by atoms with van der Waals surface area (Å²) < 4.78 is 10.6. The number of nitrogens with zero attached hydrogens (tertiary/aromatic N) is 4. The summed E-state index contributed by atoms with van der Waals surface area (Å²) in [4.78, 5) is 21.2. The number of amides is 1. The predicted molar refractivity (Wildman–Crippen MR) is 99.2 cm³/mol. The SMILES string of the molecule is COc1ccc(-c2noc(CN3CCN(C(=O)C4CCCN4)CC3)n2)cc1. The minimum atomic E-state index is 0.0135. The van der Waals surface area contributed by atoms with E-state index in [0.29, 0.717) is 18.3 Å².